The molecule has 108 valence electrons. The van der Waals surface area contributed by atoms with Crippen molar-refractivity contribution < 1.29 is 14.0 Å². The Hall–Kier alpha value is -1.91. The summed E-state index contributed by atoms with van der Waals surface area (Å²) in [5, 5.41) is 2.71. The van der Waals surface area contributed by atoms with Crippen LogP contribution in [0.5, 0.6) is 0 Å². The number of carbonyl (C=O) groups is 2. The monoisotopic (exact) mass is 278 g/mol. The number of amides is 2. The molecule has 1 saturated heterocycles. The third-order valence-corrected chi connectivity index (χ3v) is 3.54. The van der Waals surface area contributed by atoms with Crippen LogP contribution in [0, 0.1) is 18.7 Å². The first-order valence-electron chi connectivity index (χ1n) is 6.77. The fraction of sp³-hybridized carbons (Fsp3) is 0.467. The van der Waals surface area contributed by atoms with Crippen LogP contribution in [0.4, 0.5) is 10.1 Å². The molecule has 0 bridgehead atoms. The number of hydrogen-bond donors (Lipinski definition) is 1. The average molecular weight is 278 g/mol. The fourth-order valence-electron chi connectivity index (χ4n) is 2.44. The minimum Gasteiger partial charge on any atom is -0.344 e. The van der Waals surface area contributed by atoms with Crippen molar-refractivity contribution in [3.8, 4) is 0 Å². The number of para-hydroxylation sites is 1. The molecule has 1 unspecified atom stereocenters. The molecular weight excluding hydrogens is 259 g/mol. The molecule has 0 aromatic heterocycles. The molecule has 4 nitrogen and oxygen atoms in total. The molecule has 1 atom stereocenters. The standard InChI is InChI=1S/C15H19FN2O2/c1-9(2)13-15(20)18(8-7-12(19)17-13)14-10(3)5-4-6-11(14)16/h4-6,9,13H,7-8H2,1-3H3,(H,17,19). The zero-order chi connectivity index (χ0) is 14.9. The van der Waals surface area contributed by atoms with Crippen molar-refractivity contribution in [1.29, 1.82) is 0 Å². The lowest BCUT2D eigenvalue weighted by Gasteiger charge is -2.27. The Morgan fingerprint density at radius 3 is 2.65 bits per heavy atom. The van der Waals surface area contributed by atoms with E-state index < -0.39 is 11.9 Å². The van der Waals surface area contributed by atoms with E-state index in [1.165, 1.54) is 11.0 Å². The fourth-order valence-corrected chi connectivity index (χ4v) is 2.44. The van der Waals surface area contributed by atoms with E-state index in [0.717, 1.165) is 0 Å². The molecule has 1 heterocycles. The Morgan fingerprint density at radius 1 is 1.35 bits per heavy atom. The molecule has 1 N–H and O–H groups in total. The smallest absolute Gasteiger partial charge is 0.249 e. The van der Waals surface area contributed by atoms with E-state index in [4.69, 9.17) is 0 Å². The lowest BCUT2D eigenvalue weighted by atomic mass is 10.0. The number of hydrogen-bond acceptors (Lipinski definition) is 2. The van der Waals surface area contributed by atoms with Gasteiger partial charge < -0.3 is 10.2 Å². The van der Waals surface area contributed by atoms with Crippen LogP contribution in [0.2, 0.25) is 0 Å². The SMILES string of the molecule is Cc1cccc(F)c1N1CCC(=O)NC(C(C)C)C1=O. The van der Waals surface area contributed by atoms with Gasteiger partial charge in [0.1, 0.15) is 11.9 Å². The number of carbonyl (C=O) groups excluding carboxylic acids is 2. The summed E-state index contributed by atoms with van der Waals surface area (Å²) in [4.78, 5) is 25.7. The topological polar surface area (TPSA) is 49.4 Å². The summed E-state index contributed by atoms with van der Waals surface area (Å²) < 4.78 is 14.1. The van der Waals surface area contributed by atoms with E-state index in [2.05, 4.69) is 5.32 Å². The molecular formula is C15H19FN2O2. The second-order valence-electron chi connectivity index (χ2n) is 5.43. The highest BCUT2D eigenvalue weighted by molar-refractivity contribution is 6.02. The highest BCUT2D eigenvalue weighted by atomic mass is 19.1. The molecule has 1 aliphatic heterocycles. The van der Waals surface area contributed by atoms with Crippen LogP contribution in [0.3, 0.4) is 0 Å². The van der Waals surface area contributed by atoms with Crippen LogP contribution in [0.1, 0.15) is 25.8 Å². The van der Waals surface area contributed by atoms with Crippen LogP contribution in [0.25, 0.3) is 0 Å². The molecule has 0 spiro atoms. The molecule has 5 heteroatoms. The zero-order valence-electron chi connectivity index (χ0n) is 11.9. The maximum absolute atomic E-state index is 14.1. The summed E-state index contributed by atoms with van der Waals surface area (Å²) in [6.07, 6.45) is 0.183. The van der Waals surface area contributed by atoms with Gasteiger partial charge in [-0.2, -0.15) is 0 Å². The van der Waals surface area contributed by atoms with Crippen molar-refractivity contribution in [2.75, 3.05) is 11.4 Å². The average Bonchev–Trinajstić information content (AvgIpc) is 2.51. The van der Waals surface area contributed by atoms with Crippen LogP contribution in [0.15, 0.2) is 18.2 Å². The summed E-state index contributed by atoms with van der Waals surface area (Å²) >= 11 is 0. The largest absolute Gasteiger partial charge is 0.344 e. The number of nitrogens with one attached hydrogen (secondary N) is 1. The first-order valence-corrected chi connectivity index (χ1v) is 6.77. The van der Waals surface area contributed by atoms with Gasteiger partial charge in [0.25, 0.3) is 0 Å². The number of nitrogens with zero attached hydrogens (tertiary/aromatic N) is 1. The van der Waals surface area contributed by atoms with E-state index in [0.29, 0.717) is 5.56 Å². The minimum atomic E-state index is -0.607. The first-order chi connectivity index (χ1) is 9.41. The van der Waals surface area contributed by atoms with Crippen LogP contribution in [-0.2, 0) is 9.59 Å². The molecule has 0 aliphatic carbocycles. The minimum absolute atomic E-state index is 0.0425. The molecule has 2 amide bonds. The van der Waals surface area contributed by atoms with Crippen molar-refractivity contribution in [3.63, 3.8) is 0 Å². The summed E-state index contributed by atoms with van der Waals surface area (Å²) in [5.74, 6) is -0.901. The lowest BCUT2D eigenvalue weighted by Crippen LogP contribution is -2.48. The van der Waals surface area contributed by atoms with Crippen LogP contribution < -0.4 is 10.2 Å². The van der Waals surface area contributed by atoms with Gasteiger partial charge >= 0.3 is 0 Å². The van der Waals surface area contributed by atoms with Gasteiger partial charge in [-0.1, -0.05) is 26.0 Å². The summed E-state index contributed by atoms with van der Waals surface area (Å²) in [5.41, 5.74) is 0.967. The van der Waals surface area contributed by atoms with Gasteiger partial charge in [-0.05, 0) is 24.5 Å². The Morgan fingerprint density at radius 2 is 2.05 bits per heavy atom. The van der Waals surface area contributed by atoms with Gasteiger partial charge in [-0.25, -0.2) is 4.39 Å². The predicted molar refractivity (Wildman–Crippen MR) is 74.9 cm³/mol. The quantitative estimate of drug-likeness (QED) is 0.899. The second kappa shape index (κ2) is 5.61. The zero-order valence-corrected chi connectivity index (χ0v) is 11.9. The Labute approximate surface area is 118 Å². The van der Waals surface area contributed by atoms with Gasteiger partial charge in [-0.3, -0.25) is 9.59 Å². The van der Waals surface area contributed by atoms with Gasteiger partial charge in [0, 0.05) is 13.0 Å². The Bertz CT molecular complexity index is 522. The van der Waals surface area contributed by atoms with Gasteiger partial charge in [0.15, 0.2) is 0 Å². The van der Waals surface area contributed by atoms with E-state index >= 15 is 0 Å². The summed E-state index contributed by atoms with van der Waals surface area (Å²) in [6.45, 7) is 5.69. The van der Waals surface area contributed by atoms with Gasteiger partial charge in [0.2, 0.25) is 11.8 Å². The van der Waals surface area contributed by atoms with E-state index in [9.17, 15) is 14.0 Å². The lowest BCUT2D eigenvalue weighted by molar-refractivity contribution is -0.126. The van der Waals surface area contributed by atoms with E-state index in [-0.39, 0.29) is 36.4 Å². The highest BCUT2D eigenvalue weighted by Crippen LogP contribution is 2.26. The number of aryl methyl sites for hydroxylation is 1. The molecule has 0 radical (unpaired) electrons. The highest BCUT2D eigenvalue weighted by Gasteiger charge is 2.34. The molecule has 2 rings (SSSR count). The first kappa shape index (κ1) is 14.5. The maximum Gasteiger partial charge on any atom is 0.249 e. The second-order valence-corrected chi connectivity index (χ2v) is 5.43. The molecule has 1 aliphatic rings. The third-order valence-electron chi connectivity index (χ3n) is 3.54. The summed E-state index contributed by atoms with van der Waals surface area (Å²) in [7, 11) is 0. The Kier molecular flexibility index (Phi) is 4.06. The van der Waals surface area contributed by atoms with Gasteiger partial charge in [0.05, 0.1) is 5.69 Å². The molecule has 20 heavy (non-hydrogen) atoms. The predicted octanol–water partition coefficient (Wildman–Crippen LogP) is 2.01. The van der Waals surface area contributed by atoms with E-state index in [1.54, 1.807) is 19.1 Å². The van der Waals surface area contributed by atoms with Crippen molar-refractivity contribution in [3.05, 3.63) is 29.6 Å². The number of anilines is 1. The normalized spacial score (nSPS) is 20.1. The number of rotatable bonds is 2. The maximum atomic E-state index is 14.1. The Balaban J connectivity index is 2.44. The molecule has 1 fully saturated rings. The number of halogens is 1. The molecule has 0 saturated carbocycles. The summed E-state index contributed by atoms with van der Waals surface area (Å²) in [6, 6.07) is 4.10. The van der Waals surface area contributed by atoms with Crippen molar-refractivity contribution in [2.24, 2.45) is 5.92 Å². The van der Waals surface area contributed by atoms with Crippen molar-refractivity contribution in [1.82, 2.24) is 5.32 Å². The molecule has 1 aromatic rings. The molecule has 1 aromatic carbocycles. The van der Waals surface area contributed by atoms with Crippen LogP contribution >= 0.6 is 0 Å². The van der Waals surface area contributed by atoms with Crippen LogP contribution in [-0.4, -0.2) is 24.4 Å². The van der Waals surface area contributed by atoms with E-state index in [1.807, 2.05) is 13.8 Å². The van der Waals surface area contributed by atoms with Crippen molar-refractivity contribution >= 4 is 17.5 Å². The van der Waals surface area contributed by atoms with Gasteiger partial charge in [-0.15, -0.1) is 0 Å². The number of benzene rings is 1. The third kappa shape index (κ3) is 2.66. The van der Waals surface area contributed by atoms with Crippen molar-refractivity contribution in [2.45, 2.75) is 33.2 Å².